The summed E-state index contributed by atoms with van der Waals surface area (Å²) in [5.74, 6) is 1.80. The van der Waals surface area contributed by atoms with Gasteiger partial charge in [0.05, 0.1) is 21.7 Å². The van der Waals surface area contributed by atoms with Gasteiger partial charge in [-0.15, -0.1) is 24.0 Å². The highest BCUT2D eigenvalue weighted by Crippen LogP contribution is 2.15. The predicted octanol–water partition coefficient (Wildman–Crippen LogP) is 3.38. The molecule has 0 amide bonds. The average Bonchev–Trinajstić information content (AvgIpc) is 3.08. The molecule has 0 bridgehead atoms. The highest BCUT2D eigenvalue weighted by Gasteiger charge is 2.13. The van der Waals surface area contributed by atoms with Crippen molar-refractivity contribution in [1.29, 1.82) is 0 Å². The van der Waals surface area contributed by atoms with Crippen LogP contribution in [0.2, 0.25) is 0 Å². The zero-order valence-electron chi connectivity index (χ0n) is 17.9. The van der Waals surface area contributed by atoms with Crippen LogP contribution in [0.25, 0.3) is 11.0 Å². The number of nitrogens with one attached hydrogen (secondary N) is 2. The summed E-state index contributed by atoms with van der Waals surface area (Å²) in [4.78, 5) is 9.17. The Labute approximate surface area is 201 Å². The SMILES string of the molecule is CN=C(NCCCn1c(C)nc2ccccc21)NCCCS(=O)(=O)c1ccccc1.I. The van der Waals surface area contributed by atoms with E-state index in [9.17, 15) is 8.42 Å². The van der Waals surface area contributed by atoms with Gasteiger partial charge in [-0.25, -0.2) is 13.4 Å². The minimum Gasteiger partial charge on any atom is -0.356 e. The number of hydrogen-bond donors (Lipinski definition) is 2. The normalized spacial score (nSPS) is 11.9. The molecule has 0 unspecified atom stereocenters. The molecule has 0 aliphatic rings. The molecular weight excluding hydrogens is 525 g/mol. The molecule has 7 nitrogen and oxygen atoms in total. The molecule has 0 fully saturated rings. The van der Waals surface area contributed by atoms with Crippen molar-refractivity contribution in [2.45, 2.75) is 31.2 Å². The zero-order valence-corrected chi connectivity index (χ0v) is 21.1. The van der Waals surface area contributed by atoms with Gasteiger partial charge in [0.25, 0.3) is 0 Å². The predicted molar refractivity (Wildman–Crippen MR) is 137 cm³/mol. The third-order valence-corrected chi connectivity index (χ3v) is 6.72. The summed E-state index contributed by atoms with van der Waals surface area (Å²) < 4.78 is 26.8. The number of imidazole rings is 1. The van der Waals surface area contributed by atoms with E-state index in [0.29, 0.717) is 23.8 Å². The van der Waals surface area contributed by atoms with Crippen LogP contribution in [0, 0.1) is 6.92 Å². The molecule has 3 aromatic rings. The van der Waals surface area contributed by atoms with Gasteiger partial charge in [0.1, 0.15) is 5.82 Å². The number of halogens is 1. The standard InChI is InChI=1S/C22H29N5O2S.HI/c1-18-26-20-12-6-7-13-21(20)27(18)16-8-14-24-22(23-2)25-15-9-17-30(28,29)19-10-4-3-5-11-19;/h3-7,10-13H,8-9,14-17H2,1-2H3,(H2,23,24,25);1H. The number of guanidine groups is 1. The molecule has 0 aliphatic heterocycles. The first-order chi connectivity index (χ1) is 14.5. The maximum Gasteiger partial charge on any atom is 0.190 e. The summed E-state index contributed by atoms with van der Waals surface area (Å²) in [6.07, 6.45) is 1.43. The Bertz CT molecular complexity index is 1100. The first kappa shape index (κ1) is 25.1. The van der Waals surface area contributed by atoms with Gasteiger partial charge in [-0.2, -0.15) is 0 Å². The molecule has 0 aliphatic carbocycles. The summed E-state index contributed by atoms with van der Waals surface area (Å²) in [5.41, 5.74) is 2.17. The second-order valence-electron chi connectivity index (χ2n) is 7.06. The van der Waals surface area contributed by atoms with Gasteiger partial charge in [0.2, 0.25) is 0 Å². The number of para-hydroxylation sites is 2. The van der Waals surface area contributed by atoms with Gasteiger partial charge < -0.3 is 15.2 Å². The molecule has 0 radical (unpaired) electrons. The van der Waals surface area contributed by atoms with E-state index in [1.165, 1.54) is 0 Å². The van der Waals surface area contributed by atoms with Gasteiger partial charge in [-0.3, -0.25) is 4.99 Å². The number of rotatable bonds is 9. The van der Waals surface area contributed by atoms with Gasteiger partial charge in [-0.1, -0.05) is 30.3 Å². The second-order valence-corrected chi connectivity index (χ2v) is 9.17. The Morgan fingerprint density at radius 2 is 1.65 bits per heavy atom. The van der Waals surface area contributed by atoms with Crippen LogP contribution >= 0.6 is 24.0 Å². The Morgan fingerprint density at radius 1 is 1.00 bits per heavy atom. The van der Waals surface area contributed by atoms with E-state index < -0.39 is 9.84 Å². The minimum atomic E-state index is -3.24. The Morgan fingerprint density at radius 3 is 2.35 bits per heavy atom. The maximum absolute atomic E-state index is 12.3. The molecule has 0 saturated carbocycles. The molecule has 1 heterocycles. The van der Waals surface area contributed by atoms with Crippen molar-refractivity contribution < 1.29 is 8.42 Å². The van der Waals surface area contributed by atoms with E-state index in [4.69, 9.17) is 0 Å². The van der Waals surface area contributed by atoms with E-state index in [0.717, 1.165) is 36.4 Å². The molecule has 31 heavy (non-hydrogen) atoms. The first-order valence-corrected chi connectivity index (χ1v) is 11.8. The minimum absolute atomic E-state index is 0. The van der Waals surface area contributed by atoms with E-state index in [1.54, 1.807) is 31.3 Å². The van der Waals surface area contributed by atoms with Crippen LogP contribution in [-0.4, -0.2) is 49.8 Å². The number of aryl methyl sites for hydroxylation is 2. The van der Waals surface area contributed by atoms with Crippen LogP contribution in [0.5, 0.6) is 0 Å². The third-order valence-electron chi connectivity index (χ3n) is 4.90. The van der Waals surface area contributed by atoms with Crippen molar-refractivity contribution in [2.75, 3.05) is 25.9 Å². The summed E-state index contributed by atoms with van der Waals surface area (Å²) in [6.45, 7) is 4.19. The van der Waals surface area contributed by atoms with Crippen molar-refractivity contribution in [3.8, 4) is 0 Å². The van der Waals surface area contributed by atoms with Crippen molar-refractivity contribution in [3.63, 3.8) is 0 Å². The van der Waals surface area contributed by atoms with E-state index >= 15 is 0 Å². The van der Waals surface area contributed by atoms with E-state index in [2.05, 4.69) is 31.2 Å². The maximum atomic E-state index is 12.3. The van der Waals surface area contributed by atoms with Crippen molar-refractivity contribution in [1.82, 2.24) is 20.2 Å². The lowest BCUT2D eigenvalue weighted by atomic mass is 10.3. The number of aliphatic imine (C=N–C) groups is 1. The highest BCUT2D eigenvalue weighted by molar-refractivity contribution is 14.0. The quantitative estimate of drug-likeness (QED) is 0.183. The summed E-state index contributed by atoms with van der Waals surface area (Å²) >= 11 is 0. The monoisotopic (exact) mass is 555 g/mol. The zero-order chi connectivity index (χ0) is 21.4. The molecule has 0 spiro atoms. The molecule has 0 saturated heterocycles. The van der Waals surface area contributed by atoms with Gasteiger partial charge in [0, 0.05) is 26.7 Å². The van der Waals surface area contributed by atoms with Gasteiger partial charge in [-0.05, 0) is 44.0 Å². The van der Waals surface area contributed by atoms with Gasteiger partial charge >= 0.3 is 0 Å². The van der Waals surface area contributed by atoms with E-state index in [1.807, 2.05) is 31.2 Å². The summed E-state index contributed by atoms with van der Waals surface area (Å²) in [7, 11) is -1.53. The van der Waals surface area contributed by atoms with Crippen LogP contribution in [0.4, 0.5) is 0 Å². The molecule has 2 aromatic carbocycles. The number of benzene rings is 2. The number of sulfone groups is 1. The largest absolute Gasteiger partial charge is 0.356 e. The van der Waals surface area contributed by atoms with Crippen molar-refractivity contribution in [3.05, 3.63) is 60.4 Å². The summed E-state index contributed by atoms with van der Waals surface area (Å²) in [6, 6.07) is 16.7. The average molecular weight is 555 g/mol. The number of nitrogens with zero attached hydrogens (tertiary/aromatic N) is 3. The molecule has 168 valence electrons. The van der Waals surface area contributed by atoms with Crippen LogP contribution in [0.15, 0.2) is 64.5 Å². The number of fused-ring (bicyclic) bond motifs is 1. The fourth-order valence-corrected chi connectivity index (χ4v) is 4.69. The fraction of sp³-hybridized carbons (Fsp3) is 0.364. The molecule has 9 heteroatoms. The third kappa shape index (κ3) is 6.93. The lowest BCUT2D eigenvalue weighted by Gasteiger charge is -2.13. The molecule has 2 N–H and O–H groups in total. The Balaban J connectivity index is 0.00000341. The smallest absolute Gasteiger partial charge is 0.190 e. The van der Waals surface area contributed by atoms with Crippen LogP contribution in [0.3, 0.4) is 0 Å². The molecular formula is C22H30IN5O2S. The van der Waals surface area contributed by atoms with Crippen LogP contribution in [0.1, 0.15) is 18.7 Å². The van der Waals surface area contributed by atoms with E-state index in [-0.39, 0.29) is 29.7 Å². The van der Waals surface area contributed by atoms with Gasteiger partial charge in [0.15, 0.2) is 15.8 Å². The second kappa shape index (κ2) is 12.0. The summed E-state index contributed by atoms with van der Waals surface area (Å²) in [5, 5.41) is 6.47. The number of aromatic nitrogens is 2. The number of hydrogen-bond acceptors (Lipinski definition) is 4. The lowest BCUT2D eigenvalue weighted by Crippen LogP contribution is -2.38. The van der Waals surface area contributed by atoms with Crippen LogP contribution in [-0.2, 0) is 16.4 Å². The first-order valence-electron chi connectivity index (χ1n) is 10.2. The topological polar surface area (TPSA) is 88.4 Å². The highest BCUT2D eigenvalue weighted by atomic mass is 127. The van der Waals surface area contributed by atoms with Crippen molar-refractivity contribution >= 4 is 50.8 Å². The molecule has 0 atom stereocenters. The van der Waals surface area contributed by atoms with Crippen LogP contribution < -0.4 is 10.6 Å². The lowest BCUT2D eigenvalue weighted by molar-refractivity contribution is 0.592. The Kier molecular flexibility index (Phi) is 9.76. The Hall–Kier alpha value is -2.14. The fourth-order valence-electron chi connectivity index (χ4n) is 3.36. The molecule has 1 aromatic heterocycles. The molecule has 3 rings (SSSR count). The van der Waals surface area contributed by atoms with Crippen molar-refractivity contribution in [2.24, 2.45) is 4.99 Å².